The Morgan fingerprint density at radius 2 is 2.23 bits per heavy atom. The third-order valence-electron chi connectivity index (χ3n) is 1.43. The van der Waals surface area contributed by atoms with Gasteiger partial charge in [-0.05, 0) is 18.2 Å². The van der Waals surface area contributed by atoms with Gasteiger partial charge in [0.1, 0.15) is 5.82 Å². The molecule has 1 N–H and O–H groups in total. The summed E-state index contributed by atoms with van der Waals surface area (Å²) in [5, 5.41) is 2.45. The number of hydrogen-bond donors (Lipinski definition) is 1. The number of benzene rings is 1. The minimum Gasteiger partial charge on any atom is -0.342 e. The van der Waals surface area contributed by atoms with Gasteiger partial charge in [-0.15, -0.1) is 0 Å². The normalized spacial score (nSPS) is 9.77. The highest BCUT2D eigenvalue weighted by atomic mass is 79.9. The van der Waals surface area contributed by atoms with E-state index in [-0.39, 0.29) is 17.2 Å². The Morgan fingerprint density at radius 3 is 2.85 bits per heavy atom. The first-order chi connectivity index (χ1) is 6.09. The van der Waals surface area contributed by atoms with Gasteiger partial charge in [0.25, 0.3) is 4.82 Å². The average Bonchev–Trinajstić information content (AvgIpc) is 2.06. The Kier molecular flexibility index (Phi) is 3.87. The summed E-state index contributed by atoms with van der Waals surface area (Å²) in [6, 6.07) is 4.58. The lowest BCUT2D eigenvalue weighted by Crippen LogP contribution is -2.15. The molecule has 1 rings (SSSR count). The second-order valence-corrected chi connectivity index (χ2v) is 4.00. The van der Waals surface area contributed by atoms with Crippen molar-refractivity contribution in [3.63, 3.8) is 0 Å². The molecule has 0 saturated carbocycles. The fraction of sp³-hybridized carbons (Fsp3) is 0.125. The van der Waals surface area contributed by atoms with Gasteiger partial charge in [0, 0.05) is 32.5 Å². The standard InChI is InChI=1S/C8H6Br2FNO/c9-6-1-2-7(11)5(3-6)4-12-8(10)13/h1-3H,4H2,(H,12,13). The summed E-state index contributed by atoms with van der Waals surface area (Å²) in [6.45, 7) is 0.176. The average molecular weight is 311 g/mol. The van der Waals surface area contributed by atoms with Crippen LogP contribution in [-0.2, 0) is 6.54 Å². The molecule has 0 bridgehead atoms. The molecular formula is C8H6Br2FNO. The van der Waals surface area contributed by atoms with Gasteiger partial charge in [-0.2, -0.15) is 0 Å². The summed E-state index contributed by atoms with van der Waals surface area (Å²) in [6.07, 6.45) is 0. The molecule has 13 heavy (non-hydrogen) atoms. The zero-order valence-electron chi connectivity index (χ0n) is 6.48. The number of nitrogens with one attached hydrogen (secondary N) is 1. The van der Waals surface area contributed by atoms with Gasteiger partial charge in [-0.1, -0.05) is 15.9 Å². The highest BCUT2D eigenvalue weighted by molar-refractivity contribution is 9.18. The maximum atomic E-state index is 13.0. The highest BCUT2D eigenvalue weighted by Gasteiger charge is 2.03. The summed E-state index contributed by atoms with van der Waals surface area (Å²) >= 11 is 5.90. The molecule has 0 heterocycles. The van der Waals surface area contributed by atoms with Crippen LogP contribution < -0.4 is 5.32 Å². The van der Waals surface area contributed by atoms with Gasteiger partial charge in [-0.25, -0.2) is 4.39 Å². The van der Waals surface area contributed by atoms with Crippen LogP contribution in [0.1, 0.15) is 5.56 Å². The van der Waals surface area contributed by atoms with Gasteiger partial charge >= 0.3 is 0 Å². The number of carbonyl (C=O) groups is 1. The SMILES string of the molecule is O=C(Br)NCc1cc(Br)ccc1F. The molecule has 1 aromatic rings. The Bertz CT molecular complexity index is 330. The van der Waals surface area contributed by atoms with Crippen molar-refractivity contribution >= 4 is 36.7 Å². The molecule has 0 saturated heterocycles. The molecular weight excluding hydrogens is 305 g/mol. The third-order valence-corrected chi connectivity index (χ3v) is 2.20. The zero-order valence-corrected chi connectivity index (χ0v) is 9.65. The van der Waals surface area contributed by atoms with Crippen molar-refractivity contribution in [1.29, 1.82) is 0 Å². The molecule has 2 nitrogen and oxygen atoms in total. The predicted octanol–water partition coefficient (Wildman–Crippen LogP) is 3.19. The largest absolute Gasteiger partial charge is 0.342 e. The van der Waals surface area contributed by atoms with Gasteiger partial charge in [0.15, 0.2) is 0 Å². The lowest BCUT2D eigenvalue weighted by atomic mass is 10.2. The summed E-state index contributed by atoms with van der Waals surface area (Å²) < 4.78 is 13.8. The molecule has 1 aromatic carbocycles. The van der Waals surface area contributed by atoms with E-state index in [2.05, 4.69) is 37.2 Å². The molecule has 0 aliphatic heterocycles. The van der Waals surface area contributed by atoms with Gasteiger partial charge in [0.2, 0.25) is 0 Å². The first-order valence-electron chi connectivity index (χ1n) is 3.47. The van der Waals surface area contributed by atoms with Crippen molar-refractivity contribution in [2.45, 2.75) is 6.54 Å². The van der Waals surface area contributed by atoms with Crippen LogP contribution in [0.25, 0.3) is 0 Å². The van der Waals surface area contributed by atoms with E-state index < -0.39 is 0 Å². The molecule has 70 valence electrons. The highest BCUT2D eigenvalue weighted by Crippen LogP contribution is 2.15. The van der Waals surface area contributed by atoms with Crippen molar-refractivity contribution in [1.82, 2.24) is 5.32 Å². The molecule has 0 aliphatic rings. The van der Waals surface area contributed by atoms with Crippen molar-refractivity contribution in [3.8, 4) is 0 Å². The quantitative estimate of drug-likeness (QED) is 0.659. The first kappa shape index (κ1) is 10.7. The molecule has 0 spiro atoms. The van der Waals surface area contributed by atoms with Crippen LogP contribution >= 0.6 is 31.9 Å². The molecule has 0 atom stereocenters. The molecule has 0 fully saturated rings. The maximum absolute atomic E-state index is 13.0. The third kappa shape index (κ3) is 3.44. The van der Waals surface area contributed by atoms with E-state index in [0.29, 0.717) is 5.56 Å². The summed E-state index contributed by atoms with van der Waals surface area (Å²) in [7, 11) is 0. The van der Waals surface area contributed by atoms with Crippen LogP contribution in [0.2, 0.25) is 0 Å². The smallest absolute Gasteiger partial charge is 0.287 e. The maximum Gasteiger partial charge on any atom is 0.287 e. The number of hydrogen-bond acceptors (Lipinski definition) is 1. The van der Waals surface area contributed by atoms with Crippen molar-refractivity contribution in [2.24, 2.45) is 0 Å². The number of rotatable bonds is 2. The first-order valence-corrected chi connectivity index (χ1v) is 5.05. The molecule has 1 amide bonds. The van der Waals surface area contributed by atoms with Crippen molar-refractivity contribution in [2.75, 3.05) is 0 Å². The van der Waals surface area contributed by atoms with E-state index in [1.807, 2.05) is 0 Å². The zero-order chi connectivity index (χ0) is 9.84. The van der Waals surface area contributed by atoms with Gasteiger partial charge in [-0.3, -0.25) is 4.79 Å². The predicted molar refractivity (Wildman–Crippen MR) is 55.3 cm³/mol. The Morgan fingerprint density at radius 1 is 1.54 bits per heavy atom. The fourth-order valence-corrected chi connectivity index (χ4v) is 1.39. The summed E-state index contributed by atoms with van der Waals surface area (Å²) in [5.74, 6) is -0.329. The van der Waals surface area contributed by atoms with Gasteiger partial charge < -0.3 is 5.32 Å². The molecule has 5 heteroatoms. The van der Waals surface area contributed by atoms with E-state index in [9.17, 15) is 9.18 Å². The number of amides is 1. The second-order valence-electron chi connectivity index (χ2n) is 2.36. The lowest BCUT2D eigenvalue weighted by molar-refractivity contribution is 0.261. The van der Waals surface area contributed by atoms with E-state index in [1.54, 1.807) is 12.1 Å². The van der Waals surface area contributed by atoms with Crippen molar-refractivity contribution < 1.29 is 9.18 Å². The van der Waals surface area contributed by atoms with Crippen LogP contribution in [0.4, 0.5) is 9.18 Å². The lowest BCUT2D eigenvalue weighted by Gasteiger charge is -2.03. The van der Waals surface area contributed by atoms with Crippen LogP contribution in [-0.4, -0.2) is 4.82 Å². The van der Waals surface area contributed by atoms with Crippen LogP contribution in [0, 0.1) is 5.82 Å². The summed E-state index contributed by atoms with van der Waals surface area (Å²) in [5.41, 5.74) is 0.446. The van der Waals surface area contributed by atoms with Gasteiger partial charge in [0.05, 0.1) is 0 Å². The molecule has 0 radical (unpaired) electrons. The molecule has 0 aliphatic carbocycles. The Labute approximate surface area is 91.8 Å². The second kappa shape index (κ2) is 4.72. The van der Waals surface area contributed by atoms with Crippen molar-refractivity contribution in [3.05, 3.63) is 34.1 Å². The molecule has 0 unspecified atom stereocenters. The Hall–Kier alpha value is -0.420. The minimum absolute atomic E-state index is 0.176. The number of halogens is 3. The van der Waals surface area contributed by atoms with Crippen LogP contribution in [0.3, 0.4) is 0 Å². The Balaban J connectivity index is 2.75. The summed E-state index contributed by atoms with van der Waals surface area (Å²) in [4.78, 5) is 10.1. The topological polar surface area (TPSA) is 29.1 Å². The van der Waals surface area contributed by atoms with Crippen LogP contribution in [0.5, 0.6) is 0 Å². The minimum atomic E-state index is -0.355. The van der Waals surface area contributed by atoms with E-state index in [4.69, 9.17) is 0 Å². The van der Waals surface area contributed by atoms with E-state index in [0.717, 1.165) is 4.47 Å². The van der Waals surface area contributed by atoms with E-state index >= 15 is 0 Å². The molecule has 0 aromatic heterocycles. The van der Waals surface area contributed by atoms with E-state index in [1.165, 1.54) is 6.07 Å². The fourth-order valence-electron chi connectivity index (χ4n) is 0.844. The van der Waals surface area contributed by atoms with Crippen LogP contribution in [0.15, 0.2) is 22.7 Å². The number of carbonyl (C=O) groups excluding carboxylic acids is 1. The monoisotopic (exact) mass is 309 g/mol.